The molecule has 0 aliphatic rings. The second-order valence-corrected chi connectivity index (χ2v) is 6.60. The zero-order chi connectivity index (χ0) is 17.2. The minimum absolute atomic E-state index is 0.230. The second-order valence-electron chi connectivity index (χ2n) is 5.66. The molecule has 6 heteroatoms. The van der Waals surface area contributed by atoms with E-state index in [0.29, 0.717) is 22.9 Å². The first kappa shape index (κ1) is 15.5. The molecule has 0 fully saturated rings. The quantitative estimate of drug-likeness (QED) is 0.591. The number of carbonyl (C=O) groups is 1. The molecule has 0 atom stereocenters. The molecule has 2 heterocycles. The van der Waals surface area contributed by atoms with Gasteiger partial charge in [0.2, 0.25) is 0 Å². The molecule has 0 bridgehead atoms. The van der Waals surface area contributed by atoms with Crippen LogP contribution in [0.5, 0.6) is 0 Å². The fraction of sp³-hybridized carbons (Fsp3) is 0.105. The normalized spacial score (nSPS) is 10.9. The smallest absolute Gasteiger partial charge is 0.275 e. The monoisotopic (exact) mass is 349 g/mol. The summed E-state index contributed by atoms with van der Waals surface area (Å²) in [5.41, 5.74) is 3.68. The Kier molecular flexibility index (Phi) is 4.03. The van der Waals surface area contributed by atoms with Crippen LogP contribution in [0.15, 0.2) is 58.3 Å². The molecular weight excluding hydrogens is 334 g/mol. The highest BCUT2D eigenvalue weighted by atomic mass is 32.1. The molecule has 4 rings (SSSR count). The summed E-state index contributed by atoms with van der Waals surface area (Å²) in [4.78, 5) is 21.1. The van der Waals surface area contributed by atoms with E-state index >= 15 is 0 Å². The predicted octanol–water partition coefficient (Wildman–Crippen LogP) is 4.44. The van der Waals surface area contributed by atoms with Crippen LogP contribution in [0.4, 0.5) is 5.69 Å². The lowest BCUT2D eigenvalue weighted by Gasteiger charge is -2.02. The van der Waals surface area contributed by atoms with Crippen molar-refractivity contribution in [1.82, 2.24) is 9.97 Å². The Labute approximate surface area is 148 Å². The van der Waals surface area contributed by atoms with E-state index in [1.807, 2.05) is 24.3 Å². The molecule has 0 saturated carbocycles. The van der Waals surface area contributed by atoms with Crippen molar-refractivity contribution in [2.45, 2.75) is 13.3 Å². The highest BCUT2D eigenvalue weighted by Gasteiger charge is 2.12. The van der Waals surface area contributed by atoms with Gasteiger partial charge in [-0.25, -0.2) is 9.97 Å². The Hall–Kier alpha value is -2.99. The highest BCUT2D eigenvalue weighted by molar-refractivity contribution is 7.09. The number of hydrogen-bond acceptors (Lipinski definition) is 5. The van der Waals surface area contributed by atoms with Crippen LogP contribution in [0.1, 0.15) is 27.0 Å². The van der Waals surface area contributed by atoms with Gasteiger partial charge in [-0.3, -0.25) is 4.79 Å². The summed E-state index contributed by atoms with van der Waals surface area (Å²) in [6.07, 6.45) is 0.724. The molecule has 0 saturated heterocycles. The Bertz CT molecular complexity index is 1040. The molecule has 0 spiro atoms. The van der Waals surface area contributed by atoms with Crippen LogP contribution in [-0.4, -0.2) is 15.9 Å². The summed E-state index contributed by atoms with van der Waals surface area (Å²) in [6.45, 7) is 1.79. The lowest BCUT2D eigenvalue weighted by atomic mass is 10.2. The SMILES string of the molecule is Cc1nc2ccc(NC(=O)c3csc(Cc4ccccc4)n3)cc2o1. The van der Waals surface area contributed by atoms with E-state index in [-0.39, 0.29) is 5.91 Å². The van der Waals surface area contributed by atoms with Gasteiger partial charge in [0.25, 0.3) is 5.91 Å². The van der Waals surface area contributed by atoms with E-state index in [0.717, 1.165) is 16.9 Å². The number of nitrogens with zero attached hydrogens (tertiary/aromatic N) is 2. The molecule has 124 valence electrons. The Morgan fingerprint density at radius 3 is 2.84 bits per heavy atom. The molecule has 25 heavy (non-hydrogen) atoms. The molecule has 1 amide bonds. The number of benzene rings is 2. The largest absolute Gasteiger partial charge is 0.441 e. The van der Waals surface area contributed by atoms with Crippen molar-refractivity contribution in [3.05, 3.63) is 76.1 Å². The minimum atomic E-state index is -0.230. The number of rotatable bonds is 4. The number of aromatic nitrogens is 2. The van der Waals surface area contributed by atoms with Gasteiger partial charge in [-0.1, -0.05) is 30.3 Å². The van der Waals surface area contributed by atoms with Crippen LogP contribution in [0.25, 0.3) is 11.1 Å². The zero-order valence-electron chi connectivity index (χ0n) is 13.5. The molecular formula is C19H15N3O2S. The van der Waals surface area contributed by atoms with Gasteiger partial charge in [-0.2, -0.15) is 0 Å². The number of thiazole rings is 1. The van der Waals surface area contributed by atoms with E-state index in [4.69, 9.17) is 4.42 Å². The van der Waals surface area contributed by atoms with Crippen molar-refractivity contribution >= 4 is 34.0 Å². The number of fused-ring (bicyclic) bond motifs is 1. The molecule has 0 radical (unpaired) electrons. The second kappa shape index (κ2) is 6.49. The third-order valence-electron chi connectivity index (χ3n) is 3.74. The van der Waals surface area contributed by atoms with Gasteiger partial charge in [0.1, 0.15) is 11.2 Å². The number of hydrogen-bond donors (Lipinski definition) is 1. The number of amides is 1. The maximum Gasteiger partial charge on any atom is 0.275 e. The molecule has 5 nitrogen and oxygen atoms in total. The van der Waals surface area contributed by atoms with Crippen molar-refractivity contribution < 1.29 is 9.21 Å². The first-order chi connectivity index (χ1) is 12.2. The number of nitrogens with one attached hydrogen (secondary N) is 1. The lowest BCUT2D eigenvalue weighted by molar-refractivity contribution is 0.102. The molecule has 1 N–H and O–H groups in total. The summed E-state index contributed by atoms with van der Waals surface area (Å²) in [5, 5.41) is 5.55. The average Bonchev–Trinajstić information content (AvgIpc) is 3.21. The number of anilines is 1. The number of oxazole rings is 1. The highest BCUT2D eigenvalue weighted by Crippen LogP contribution is 2.21. The third kappa shape index (κ3) is 3.44. The number of carbonyl (C=O) groups excluding carboxylic acids is 1. The minimum Gasteiger partial charge on any atom is -0.441 e. The van der Waals surface area contributed by atoms with Gasteiger partial charge in [0.15, 0.2) is 11.5 Å². The van der Waals surface area contributed by atoms with Crippen LogP contribution < -0.4 is 5.32 Å². The van der Waals surface area contributed by atoms with Crippen LogP contribution >= 0.6 is 11.3 Å². The van der Waals surface area contributed by atoms with Crippen molar-refractivity contribution in [3.8, 4) is 0 Å². The van der Waals surface area contributed by atoms with E-state index in [9.17, 15) is 4.79 Å². The van der Waals surface area contributed by atoms with Gasteiger partial charge < -0.3 is 9.73 Å². The standard InChI is InChI=1S/C19H15N3O2S/c1-12-20-15-8-7-14(10-17(15)24-12)21-19(23)16-11-25-18(22-16)9-13-5-3-2-4-6-13/h2-8,10-11H,9H2,1H3,(H,21,23). The molecule has 0 aliphatic heterocycles. The summed E-state index contributed by atoms with van der Waals surface area (Å²) >= 11 is 1.49. The van der Waals surface area contributed by atoms with Crippen molar-refractivity contribution in [2.75, 3.05) is 5.32 Å². The lowest BCUT2D eigenvalue weighted by Crippen LogP contribution is -2.12. The fourth-order valence-electron chi connectivity index (χ4n) is 2.58. The van der Waals surface area contributed by atoms with Crippen molar-refractivity contribution in [1.29, 1.82) is 0 Å². The van der Waals surface area contributed by atoms with E-state index in [2.05, 4.69) is 27.4 Å². The summed E-state index contributed by atoms with van der Waals surface area (Å²) in [5.74, 6) is 0.370. The molecule has 0 unspecified atom stereocenters. The topological polar surface area (TPSA) is 68.0 Å². The average molecular weight is 349 g/mol. The summed E-state index contributed by atoms with van der Waals surface area (Å²) < 4.78 is 5.49. The number of aryl methyl sites for hydroxylation is 1. The van der Waals surface area contributed by atoms with Crippen molar-refractivity contribution in [2.24, 2.45) is 0 Å². The van der Waals surface area contributed by atoms with Gasteiger partial charge >= 0.3 is 0 Å². The molecule has 2 aromatic heterocycles. The van der Waals surface area contributed by atoms with Gasteiger partial charge in [0.05, 0.1) is 5.01 Å². The maximum absolute atomic E-state index is 12.4. The first-order valence-electron chi connectivity index (χ1n) is 7.84. The van der Waals surface area contributed by atoms with Crippen LogP contribution in [0.2, 0.25) is 0 Å². The Morgan fingerprint density at radius 2 is 2.00 bits per heavy atom. The summed E-state index contributed by atoms with van der Waals surface area (Å²) in [6, 6.07) is 15.5. The van der Waals surface area contributed by atoms with E-state index in [1.54, 1.807) is 24.4 Å². The predicted molar refractivity (Wildman–Crippen MR) is 98.1 cm³/mol. The third-order valence-corrected chi connectivity index (χ3v) is 4.58. The summed E-state index contributed by atoms with van der Waals surface area (Å²) in [7, 11) is 0. The van der Waals surface area contributed by atoms with Crippen LogP contribution in [0.3, 0.4) is 0 Å². The van der Waals surface area contributed by atoms with Gasteiger partial charge in [-0.05, 0) is 17.7 Å². The van der Waals surface area contributed by atoms with E-state index in [1.165, 1.54) is 16.9 Å². The molecule has 0 aliphatic carbocycles. The Morgan fingerprint density at radius 1 is 1.16 bits per heavy atom. The molecule has 4 aromatic rings. The van der Waals surface area contributed by atoms with Gasteiger partial charge in [-0.15, -0.1) is 11.3 Å². The fourth-order valence-corrected chi connectivity index (χ4v) is 3.39. The van der Waals surface area contributed by atoms with Gasteiger partial charge in [0, 0.05) is 30.5 Å². The zero-order valence-corrected chi connectivity index (χ0v) is 14.3. The van der Waals surface area contributed by atoms with E-state index < -0.39 is 0 Å². The van der Waals surface area contributed by atoms with Crippen LogP contribution in [-0.2, 0) is 6.42 Å². The first-order valence-corrected chi connectivity index (χ1v) is 8.72. The van der Waals surface area contributed by atoms with Crippen LogP contribution in [0, 0.1) is 6.92 Å². The molecule has 2 aromatic carbocycles. The maximum atomic E-state index is 12.4. The Balaban J connectivity index is 1.48. The van der Waals surface area contributed by atoms with Crippen molar-refractivity contribution in [3.63, 3.8) is 0 Å².